The molecule has 0 radical (unpaired) electrons. The van der Waals surface area contributed by atoms with Gasteiger partial charge in [-0.1, -0.05) is 17.7 Å². The van der Waals surface area contributed by atoms with E-state index in [2.05, 4.69) is 35.9 Å². The molecule has 3 rings (SSSR count). The second-order valence-electron chi connectivity index (χ2n) is 5.10. The maximum atomic E-state index is 4.16. The first-order chi connectivity index (χ1) is 8.25. The van der Waals surface area contributed by atoms with Crippen molar-refractivity contribution in [2.75, 3.05) is 0 Å². The van der Waals surface area contributed by atoms with Gasteiger partial charge in [0.1, 0.15) is 0 Å². The number of benzene rings is 1. The topological polar surface area (TPSA) is 28.7 Å². The Morgan fingerprint density at radius 3 is 2.94 bits per heavy atom. The summed E-state index contributed by atoms with van der Waals surface area (Å²) in [6.07, 6.45) is 7.49. The Bertz CT molecular complexity index is 526. The van der Waals surface area contributed by atoms with Crippen molar-refractivity contribution in [2.45, 2.75) is 39.0 Å². The van der Waals surface area contributed by atoms with Crippen LogP contribution >= 0.6 is 0 Å². The monoisotopic (exact) mass is 226 g/mol. The maximum absolute atomic E-state index is 4.16. The van der Waals surface area contributed by atoms with E-state index in [1.54, 1.807) is 11.9 Å². The molecular formula is C15H18N2. The number of nitrogens with zero attached hydrogens (tertiary/aromatic N) is 1. The number of H-pyrrole nitrogens is 1. The highest BCUT2D eigenvalue weighted by molar-refractivity contribution is 5.44. The van der Waals surface area contributed by atoms with E-state index in [-0.39, 0.29) is 0 Å². The van der Waals surface area contributed by atoms with E-state index in [4.69, 9.17) is 0 Å². The Morgan fingerprint density at radius 2 is 2.18 bits per heavy atom. The van der Waals surface area contributed by atoms with Gasteiger partial charge in [-0.2, -0.15) is 0 Å². The van der Waals surface area contributed by atoms with E-state index in [1.165, 1.54) is 41.6 Å². The fourth-order valence-electron chi connectivity index (χ4n) is 3.10. The average molecular weight is 226 g/mol. The summed E-state index contributed by atoms with van der Waals surface area (Å²) in [6.45, 7) is 4.42. The van der Waals surface area contributed by atoms with E-state index in [1.807, 2.05) is 6.20 Å². The molecule has 1 aromatic carbocycles. The fourth-order valence-corrected chi connectivity index (χ4v) is 3.10. The maximum Gasteiger partial charge on any atom is 0.0921 e. The summed E-state index contributed by atoms with van der Waals surface area (Å²) in [7, 11) is 0. The zero-order valence-electron chi connectivity index (χ0n) is 10.5. The molecule has 1 heterocycles. The van der Waals surface area contributed by atoms with Crippen LogP contribution in [0.4, 0.5) is 0 Å². The third-order valence-corrected chi connectivity index (χ3v) is 3.84. The first kappa shape index (κ1) is 10.6. The highest BCUT2D eigenvalue weighted by Gasteiger charge is 2.23. The van der Waals surface area contributed by atoms with Crippen molar-refractivity contribution in [1.29, 1.82) is 0 Å². The summed E-state index contributed by atoms with van der Waals surface area (Å²) in [6, 6.07) is 4.65. The van der Waals surface area contributed by atoms with Gasteiger partial charge in [-0.05, 0) is 49.8 Å². The average Bonchev–Trinajstić information content (AvgIpc) is 2.81. The van der Waals surface area contributed by atoms with Gasteiger partial charge in [0.25, 0.3) is 0 Å². The SMILES string of the molecule is Cc1cc(C)c2c(c1)[C@H](c1cnc[nH]1)CCC2. The van der Waals surface area contributed by atoms with E-state index in [0.29, 0.717) is 5.92 Å². The molecule has 0 saturated carbocycles. The summed E-state index contributed by atoms with van der Waals surface area (Å²) in [5, 5.41) is 0. The van der Waals surface area contributed by atoms with Crippen LogP contribution in [0.25, 0.3) is 0 Å². The molecule has 1 atom stereocenters. The minimum Gasteiger partial charge on any atom is -0.348 e. The predicted octanol–water partition coefficient (Wildman–Crippen LogP) is 3.49. The molecule has 1 N–H and O–H groups in total. The molecule has 2 nitrogen and oxygen atoms in total. The Kier molecular flexibility index (Phi) is 2.50. The first-order valence-corrected chi connectivity index (χ1v) is 6.34. The van der Waals surface area contributed by atoms with Crippen LogP contribution in [-0.4, -0.2) is 9.97 Å². The summed E-state index contributed by atoms with van der Waals surface area (Å²) >= 11 is 0. The third-order valence-electron chi connectivity index (χ3n) is 3.84. The standard InChI is InChI=1S/C15H18N2/c1-10-6-11(2)12-4-3-5-13(14(12)7-10)15-8-16-9-17-15/h6-9,13H,3-5H2,1-2H3,(H,16,17)/t13-/m1/s1. The van der Waals surface area contributed by atoms with Crippen LogP contribution in [0.5, 0.6) is 0 Å². The van der Waals surface area contributed by atoms with Gasteiger partial charge in [0.2, 0.25) is 0 Å². The van der Waals surface area contributed by atoms with E-state index >= 15 is 0 Å². The molecule has 0 spiro atoms. The molecule has 0 aliphatic heterocycles. The number of fused-ring (bicyclic) bond motifs is 1. The van der Waals surface area contributed by atoms with Gasteiger partial charge in [-0.25, -0.2) is 4.98 Å². The van der Waals surface area contributed by atoms with Gasteiger partial charge >= 0.3 is 0 Å². The molecule has 0 bridgehead atoms. The smallest absolute Gasteiger partial charge is 0.0921 e. The fraction of sp³-hybridized carbons (Fsp3) is 0.400. The highest BCUT2D eigenvalue weighted by atomic mass is 14.9. The minimum absolute atomic E-state index is 0.514. The van der Waals surface area contributed by atoms with E-state index < -0.39 is 0 Å². The van der Waals surface area contributed by atoms with Crippen LogP contribution in [0.15, 0.2) is 24.7 Å². The van der Waals surface area contributed by atoms with Gasteiger partial charge in [-0.15, -0.1) is 0 Å². The molecule has 0 fully saturated rings. The molecule has 1 aliphatic rings. The molecule has 88 valence electrons. The number of rotatable bonds is 1. The molecule has 1 aliphatic carbocycles. The van der Waals surface area contributed by atoms with E-state index in [9.17, 15) is 0 Å². The lowest BCUT2D eigenvalue weighted by molar-refractivity contribution is 0.603. The number of aromatic nitrogens is 2. The number of imidazole rings is 1. The molecule has 1 aromatic heterocycles. The largest absolute Gasteiger partial charge is 0.348 e. The van der Waals surface area contributed by atoms with Crippen molar-refractivity contribution >= 4 is 0 Å². The lowest BCUT2D eigenvalue weighted by Gasteiger charge is -2.26. The molecule has 0 amide bonds. The van der Waals surface area contributed by atoms with Gasteiger partial charge < -0.3 is 4.98 Å². The van der Waals surface area contributed by atoms with Crippen molar-refractivity contribution in [1.82, 2.24) is 9.97 Å². The normalized spacial score (nSPS) is 19.1. The number of hydrogen-bond acceptors (Lipinski definition) is 1. The summed E-state index contributed by atoms with van der Waals surface area (Å²) < 4.78 is 0. The second kappa shape index (κ2) is 4.02. The van der Waals surface area contributed by atoms with Crippen molar-refractivity contribution in [2.24, 2.45) is 0 Å². The van der Waals surface area contributed by atoms with Gasteiger partial charge in [0, 0.05) is 17.8 Å². The zero-order chi connectivity index (χ0) is 11.8. The molecule has 17 heavy (non-hydrogen) atoms. The van der Waals surface area contributed by atoms with Crippen molar-refractivity contribution in [3.8, 4) is 0 Å². The van der Waals surface area contributed by atoms with Crippen LogP contribution in [0.2, 0.25) is 0 Å². The van der Waals surface area contributed by atoms with Crippen LogP contribution < -0.4 is 0 Å². The molecule has 0 unspecified atom stereocenters. The molecule has 0 saturated heterocycles. The quantitative estimate of drug-likeness (QED) is 0.792. The number of nitrogens with one attached hydrogen (secondary N) is 1. The van der Waals surface area contributed by atoms with Crippen LogP contribution in [-0.2, 0) is 6.42 Å². The number of aromatic amines is 1. The van der Waals surface area contributed by atoms with Crippen LogP contribution in [0.1, 0.15) is 46.7 Å². The van der Waals surface area contributed by atoms with Crippen molar-refractivity contribution in [3.05, 3.63) is 52.6 Å². The van der Waals surface area contributed by atoms with Crippen LogP contribution in [0, 0.1) is 13.8 Å². The number of hydrogen-bond donors (Lipinski definition) is 1. The van der Waals surface area contributed by atoms with Crippen LogP contribution in [0.3, 0.4) is 0 Å². The van der Waals surface area contributed by atoms with Crippen molar-refractivity contribution < 1.29 is 0 Å². The van der Waals surface area contributed by atoms with Crippen molar-refractivity contribution in [3.63, 3.8) is 0 Å². The lowest BCUT2D eigenvalue weighted by Crippen LogP contribution is -2.13. The lowest BCUT2D eigenvalue weighted by atomic mass is 9.79. The molecule has 2 heteroatoms. The minimum atomic E-state index is 0.514. The van der Waals surface area contributed by atoms with Gasteiger partial charge in [-0.3, -0.25) is 0 Å². The third kappa shape index (κ3) is 1.78. The predicted molar refractivity (Wildman–Crippen MR) is 69.3 cm³/mol. The van der Waals surface area contributed by atoms with Gasteiger partial charge in [0.05, 0.1) is 6.33 Å². The zero-order valence-corrected chi connectivity index (χ0v) is 10.5. The Hall–Kier alpha value is -1.57. The Labute approximate surface area is 102 Å². The Morgan fingerprint density at radius 1 is 1.29 bits per heavy atom. The summed E-state index contributed by atoms with van der Waals surface area (Å²) in [5.74, 6) is 0.514. The summed E-state index contributed by atoms with van der Waals surface area (Å²) in [5.41, 5.74) is 7.15. The summed E-state index contributed by atoms with van der Waals surface area (Å²) in [4.78, 5) is 7.44. The van der Waals surface area contributed by atoms with E-state index in [0.717, 1.165) is 0 Å². The second-order valence-corrected chi connectivity index (χ2v) is 5.10. The first-order valence-electron chi connectivity index (χ1n) is 6.34. The van der Waals surface area contributed by atoms with Gasteiger partial charge in [0.15, 0.2) is 0 Å². The Balaban J connectivity index is 2.13. The molecule has 2 aromatic rings. The number of aryl methyl sites for hydroxylation is 2. The molecular weight excluding hydrogens is 208 g/mol. The highest BCUT2D eigenvalue weighted by Crippen LogP contribution is 2.37.